The van der Waals surface area contributed by atoms with Crippen molar-refractivity contribution >= 4 is 17.7 Å². The molecule has 4 heterocycles. The van der Waals surface area contributed by atoms with Gasteiger partial charge in [-0.15, -0.1) is 0 Å². The minimum atomic E-state index is -4.38. The molecule has 39 heavy (non-hydrogen) atoms. The number of aromatic carboxylic acids is 1. The first kappa shape index (κ1) is 28.9. The van der Waals surface area contributed by atoms with E-state index in [4.69, 9.17) is 5.11 Å². The van der Waals surface area contributed by atoms with Gasteiger partial charge in [0.25, 0.3) is 0 Å². The molecule has 214 valence electrons. The Morgan fingerprint density at radius 3 is 2.26 bits per heavy atom. The number of carbonyl (C=O) groups is 2. The van der Waals surface area contributed by atoms with Crippen LogP contribution in [0, 0.1) is 0 Å². The number of hydrogen-bond acceptors (Lipinski definition) is 5. The monoisotopic (exact) mass is 549 g/mol. The number of rotatable bonds is 4. The van der Waals surface area contributed by atoms with Gasteiger partial charge in [-0.3, -0.25) is 4.90 Å². The van der Waals surface area contributed by atoms with E-state index in [-0.39, 0.29) is 17.3 Å². The highest BCUT2D eigenvalue weighted by Crippen LogP contribution is 2.41. The van der Waals surface area contributed by atoms with Gasteiger partial charge in [0.2, 0.25) is 0 Å². The van der Waals surface area contributed by atoms with Gasteiger partial charge in [0.1, 0.15) is 0 Å². The molecule has 11 heteroatoms. The molecular weight excluding hydrogens is 511 g/mol. The normalized spacial score (nSPS) is 19.6. The summed E-state index contributed by atoms with van der Waals surface area (Å²) in [5.74, 6) is -1.18. The van der Waals surface area contributed by atoms with Crippen LogP contribution < -0.4 is 4.90 Å². The molecule has 0 aliphatic carbocycles. The van der Waals surface area contributed by atoms with Crippen molar-refractivity contribution in [2.24, 2.45) is 0 Å². The van der Waals surface area contributed by atoms with Gasteiger partial charge in [0.05, 0.1) is 5.56 Å². The lowest BCUT2D eigenvalue weighted by atomic mass is 9.84. The van der Waals surface area contributed by atoms with Crippen molar-refractivity contribution in [2.75, 3.05) is 37.6 Å². The van der Waals surface area contributed by atoms with Crippen LogP contribution in [0.25, 0.3) is 0 Å². The van der Waals surface area contributed by atoms with Crippen LogP contribution in [0.1, 0.15) is 80.4 Å². The number of benzene rings is 1. The largest absolute Gasteiger partial charge is 0.476 e. The second-order valence-corrected chi connectivity index (χ2v) is 10.4. The third kappa shape index (κ3) is 6.23. The average molecular weight is 550 g/mol. The number of likely N-dealkylation sites (tertiary alicyclic amines) is 2. The van der Waals surface area contributed by atoms with Gasteiger partial charge in [-0.25, -0.2) is 9.59 Å². The first-order valence-electron chi connectivity index (χ1n) is 13.9. The highest BCUT2D eigenvalue weighted by Gasteiger charge is 2.44. The van der Waals surface area contributed by atoms with Gasteiger partial charge in [-0.05, 0) is 75.3 Å². The van der Waals surface area contributed by atoms with E-state index in [1.165, 1.54) is 24.4 Å². The Bertz CT molecular complexity index is 1150. The van der Waals surface area contributed by atoms with Crippen LogP contribution in [0.15, 0.2) is 30.5 Å². The zero-order valence-corrected chi connectivity index (χ0v) is 22.7. The fraction of sp³-hybridized carbons (Fsp3) is 0.607. The van der Waals surface area contributed by atoms with Crippen LogP contribution in [0.2, 0.25) is 0 Å². The predicted octanol–water partition coefficient (Wildman–Crippen LogP) is 5.72. The van der Waals surface area contributed by atoms with E-state index in [0.717, 1.165) is 74.8 Å². The van der Waals surface area contributed by atoms with Crippen molar-refractivity contribution in [2.45, 2.75) is 77.1 Å². The molecule has 0 radical (unpaired) electrons. The van der Waals surface area contributed by atoms with Gasteiger partial charge in [-0.2, -0.15) is 23.0 Å². The lowest BCUT2D eigenvalue weighted by molar-refractivity contribution is -0.137. The quantitative estimate of drug-likeness (QED) is 0.526. The summed E-state index contributed by atoms with van der Waals surface area (Å²) in [6.45, 7) is 8.03. The summed E-state index contributed by atoms with van der Waals surface area (Å²) in [5.41, 5.74) is 0.730. The Labute approximate surface area is 227 Å². The molecule has 3 aliphatic heterocycles. The van der Waals surface area contributed by atoms with Gasteiger partial charge in [0.15, 0.2) is 5.69 Å². The number of nitrogens with zero attached hydrogens (tertiary/aromatic N) is 5. The summed E-state index contributed by atoms with van der Waals surface area (Å²) in [5, 5.41) is 12.9. The first-order chi connectivity index (χ1) is 18.7. The van der Waals surface area contributed by atoms with Crippen molar-refractivity contribution < 1.29 is 27.9 Å². The molecule has 1 aromatic carbocycles. The molecule has 0 unspecified atom stereocenters. The van der Waals surface area contributed by atoms with Crippen molar-refractivity contribution in [1.29, 1.82) is 0 Å². The zero-order chi connectivity index (χ0) is 28.2. The lowest BCUT2D eigenvalue weighted by Gasteiger charge is -2.45. The van der Waals surface area contributed by atoms with E-state index in [9.17, 15) is 22.8 Å². The summed E-state index contributed by atoms with van der Waals surface area (Å²) in [6, 6.07) is 5.12. The average Bonchev–Trinajstić information content (AvgIpc) is 3.58. The minimum absolute atomic E-state index is 0.102. The highest BCUT2D eigenvalue weighted by molar-refractivity contribution is 5.86. The van der Waals surface area contributed by atoms with E-state index in [1.807, 2.05) is 13.8 Å². The number of carboxylic acids is 1. The third-order valence-corrected chi connectivity index (χ3v) is 8.18. The van der Waals surface area contributed by atoms with E-state index in [0.29, 0.717) is 25.3 Å². The van der Waals surface area contributed by atoms with Crippen LogP contribution in [0.5, 0.6) is 0 Å². The molecule has 5 rings (SSSR count). The van der Waals surface area contributed by atoms with Crippen LogP contribution in [-0.4, -0.2) is 74.9 Å². The highest BCUT2D eigenvalue weighted by atomic mass is 19.4. The van der Waals surface area contributed by atoms with Gasteiger partial charge >= 0.3 is 18.2 Å². The minimum Gasteiger partial charge on any atom is -0.476 e. The first-order valence-corrected chi connectivity index (χ1v) is 13.9. The van der Waals surface area contributed by atoms with E-state index in [2.05, 4.69) is 14.9 Å². The molecule has 0 bridgehead atoms. The fourth-order valence-electron chi connectivity index (χ4n) is 6.12. The predicted molar refractivity (Wildman–Crippen MR) is 142 cm³/mol. The SMILES string of the molecule is CC.O=C(O)c1ccn(C(=O)N2CCC3(CCCN3Cc3ccc(C(F)(F)F)cc3N3CCCCC3)CC2)n1. The molecule has 1 aromatic heterocycles. The lowest BCUT2D eigenvalue weighted by Crippen LogP contribution is -2.53. The fourth-order valence-corrected chi connectivity index (χ4v) is 6.12. The summed E-state index contributed by atoms with van der Waals surface area (Å²) < 4.78 is 41.6. The molecule has 8 nitrogen and oxygen atoms in total. The molecule has 3 aliphatic rings. The maximum atomic E-state index is 13.5. The molecule has 1 amide bonds. The van der Waals surface area contributed by atoms with Gasteiger partial charge in [0, 0.05) is 50.1 Å². The smallest absolute Gasteiger partial charge is 0.416 e. The molecule has 1 N–H and O–H groups in total. The zero-order valence-electron chi connectivity index (χ0n) is 22.7. The Hall–Kier alpha value is -3.08. The number of piperidine rings is 2. The van der Waals surface area contributed by atoms with Crippen molar-refractivity contribution in [3.05, 3.63) is 47.3 Å². The Kier molecular flexibility index (Phi) is 8.88. The Morgan fingerprint density at radius 1 is 0.949 bits per heavy atom. The van der Waals surface area contributed by atoms with E-state index >= 15 is 0 Å². The molecular formula is C28H38F3N5O3. The number of carboxylic acid groups (broad SMARTS) is 1. The third-order valence-electron chi connectivity index (χ3n) is 8.18. The number of anilines is 1. The Morgan fingerprint density at radius 2 is 1.64 bits per heavy atom. The topological polar surface area (TPSA) is 81.9 Å². The van der Waals surface area contributed by atoms with Gasteiger partial charge in [-0.1, -0.05) is 19.9 Å². The summed E-state index contributed by atoms with van der Waals surface area (Å²) >= 11 is 0. The maximum Gasteiger partial charge on any atom is 0.416 e. The van der Waals surface area contributed by atoms with Crippen LogP contribution >= 0.6 is 0 Å². The van der Waals surface area contributed by atoms with Crippen LogP contribution in [0.4, 0.5) is 23.7 Å². The molecule has 2 aromatic rings. The van der Waals surface area contributed by atoms with Crippen molar-refractivity contribution in [3.63, 3.8) is 0 Å². The second kappa shape index (κ2) is 12.0. The molecule has 3 fully saturated rings. The Balaban J connectivity index is 0.00000172. The summed E-state index contributed by atoms with van der Waals surface area (Å²) in [7, 11) is 0. The molecule has 0 saturated carbocycles. The van der Waals surface area contributed by atoms with Gasteiger partial charge < -0.3 is 14.9 Å². The number of carbonyl (C=O) groups excluding carboxylic acids is 1. The molecule has 0 atom stereocenters. The number of hydrogen-bond donors (Lipinski definition) is 1. The molecule has 1 spiro atoms. The van der Waals surface area contributed by atoms with Crippen LogP contribution in [0.3, 0.4) is 0 Å². The number of halogens is 3. The number of alkyl halides is 3. The van der Waals surface area contributed by atoms with Crippen LogP contribution in [-0.2, 0) is 12.7 Å². The maximum absolute atomic E-state index is 13.5. The van der Waals surface area contributed by atoms with Crippen molar-refractivity contribution in [1.82, 2.24) is 19.6 Å². The summed E-state index contributed by atoms with van der Waals surface area (Å²) in [4.78, 5) is 30.2. The number of aromatic nitrogens is 2. The molecule has 3 saturated heterocycles. The second-order valence-electron chi connectivity index (χ2n) is 10.4. The standard InChI is InChI=1S/C26H32F3N5O3.C2H6/c27-26(28,29)20-6-5-19(22(17-20)31-11-2-1-3-12-31)18-33-13-4-8-25(33)9-15-32(16-10-25)24(37)34-14-7-21(30-34)23(35)36;1-2/h5-7,14,17H,1-4,8-13,15-16,18H2,(H,35,36);1-2H3. The van der Waals surface area contributed by atoms with Crippen molar-refractivity contribution in [3.8, 4) is 0 Å². The van der Waals surface area contributed by atoms with E-state index < -0.39 is 17.7 Å². The summed E-state index contributed by atoms with van der Waals surface area (Å²) in [6.07, 6.45) is 3.56. The van der Waals surface area contributed by atoms with E-state index in [1.54, 1.807) is 11.0 Å². The number of amides is 1.